The van der Waals surface area contributed by atoms with E-state index in [1.165, 1.54) is 4.31 Å². The number of sulfonamides is 1. The lowest BCUT2D eigenvalue weighted by atomic mass is 10.0. The van der Waals surface area contributed by atoms with Crippen LogP contribution in [0.25, 0.3) is 0 Å². The minimum Gasteiger partial charge on any atom is -0.488 e. The molecule has 0 fully saturated rings. The molecule has 0 spiro atoms. The van der Waals surface area contributed by atoms with Crippen molar-refractivity contribution >= 4 is 21.6 Å². The van der Waals surface area contributed by atoms with Gasteiger partial charge in [-0.1, -0.05) is 25.1 Å². The van der Waals surface area contributed by atoms with Crippen molar-refractivity contribution in [3.8, 4) is 5.75 Å². The molecule has 1 N–H and O–H groups in total. The van der Waals surface area contributed by atoms with E-state index >= 15 is 0 Å². The Balaban J connectivity index is 1.98. The van der Waals surface area contributed by atoms with Crippen LogP contribution in [0.4, 0.5) is 5.69 Å². The molecule has 1 amide bonds. The molecular weight excluding hydrogens is 454 g/mol. The number of anilines is 1. The second-order valence-corrected chi connectivity index (χ2v) is 11.2. The van der Waals surface area contributed by atoms with Crippen molar-refractivity contribution in [1.82, 2.24) is 9.21 Å². The van der Waals surface area contributed by atoms with Gasteiger partial charge in [-0.05, 0) is 37.3 Å². The number of ether oxygens (including phenoxy) is 1. The van der Waals surface area contributed by atoms with Gasteiger partial charge in [-0.2, -0.15) is 4.31 Å². The largest absolute Gasteiger partial charge is 0.488 e. The quantitative estimate of drug-likeness (QED) is 0.642. The summed E-state index contributed by atoms with van der Waals surface area (Å²) in [4.78, 5) is 17.1. The lowest BCUT2D eigenvalue weighted by Gasteiger charge is -2.33. The molecule has 0 saturated carbocycles. The summed E-state index contributed by atoms with van der Waals surface area (Å²) in [5, 5.41) is 9.76. The Morgan fingerprint density at radius 3 is 2.44 bits per heavy atom. The normalized spacial score (nSPS) is 20.1. The zero-order valence-corrected chi connectivity index (χ0v) is 21.3. The third-order valence-corrected chi connectivity index (χ3v) is 8.14. The van der Waals surface area contributed by atoms with Crippen molar-refractivity contribution in [2.24, 2.45) is 5.92 Å². The number of carbonyl (C=O) groups is 1. The summed E-state index contributed by atoms with van der Waals surface area (Å²) in [5.41, 5.74) is 1.67. The minimum atomic E-state index is -3.71. The Labute approximate surface area is 202 Å². The van der Waals surface area contributed by atoms with Gasteiger partial charge in [0.25, 0.3) is 0 Å². The fourth-order valence-corrected chi connectivity index (χ4v) is 5.24. The number of fused-ring (bicyclic) bond motifs is 1. The first-order valence-electron chi connectivity index (χ1n) is 11.4. The van der Waals surface area contributed by atoms with E-state index in [-0.39, 0.29) is 42.3 Å². The fourth-order valence-electron chi connectivity index (χ4n) is 4.04. The van der Waals surface area contributed by atoms with Crippen LogP contribution in [0.1, 0.15) is 19.4 Å². The van der Waals surface area contributed by atoms with Crippen molar-refractivity contribution in [3.63, 3.8) is 0 Å². The van der Waals surface area contributed by atoms with Crippen molar-refractivity contribution < 1.29 is 23.1 Å². The highest BCUT2D eigenvalue weighted by molar-refractivity contribution is 7.89. The molecule has 2 aromatic rings. The number of benzene rings is 2. The third-order valence-electron chi connectivity index (χ3n) is 6.30. The predicted octanol–water partition coefficient (Wildman–Crippen LogP) is 2.22. The Morgan fingerprint density at radius 2 is 1.82 bits per heavy atom. The molecular formula is C25H35N3O5S. The van der Waals surface area contributed by atoms with Crippen LogP contribution in [0.2, 0.25) is 0 Å². The Morgan fingerprint density at radius 1 is 1.15 bits per heavy atom. The minimum absolute atomic E-state index is 0.0972. The van der Waals surface area contributed by atoms with Crippen LogP contribution in [-0.4, -0.2) is 81.6 Å². The van der Waals surface area contributed by atoms with Gasteiger partial charge in [0, 0.05) is 44.9 Å². The van der Waals surface area contributed by atoms with Crippen molar-refractivity contribution in [2.75, 3.05) is 45.7 Å². The van der Waals surface area contributed by atoms with Gasteiger partial charge in [0.15, 0.2) is 0 Å². The van der Waals surface area contributed by atoms with E-state index in [2.05, 4.69) is 0 Å². The van der Waals surface area contributed by atoms with E-state index in [4.69, 9.17) is 4.74 Å². The average molecular weight is 490 g/mol. The first-order chi connectivity index (χ1) is 16.0. The molecule has 1 aliphatic rings. The van der Waals surface area contributed by atoms with Crippen molar-refractivity contribution in [2.45, 2.75) is 37.3 Å². The maximum atomic E-state index is 13.2. The second-order valence-electron chi connectivity index (χ2n) is 9.17. The van der Waals surface area contributed by atoms with E-state index < -0.39 is 16.1 Å². The number of aliphatic hydroxyl groups is 1. The summed E-state index contributed by atoms with van der Waals surface area (Å²) in [6.07, 6.45) is -0.370. The highest BCUT2D eigenvalue weighted by atomic mass is 32.2. The van der Waals surface area contributed by atoms with Crippen molar-refractivity contribution in [3.05, 3.63) is 54.1 Å². The lowest BCUT2D eigenvalue weighted by Crippen LogP contribution is -2.48. The first-order valence-corrected chi connectivity index (χ1v) is 12.9. The Kier molecular flexibility index (Phi) is 8.22. The standard InChI is InChI=1S/C25H35N3O5S/c1-18-15-28(19(2)17-29)25(30)14-20-13-21(26(3)4)11-12-23(20)33-24(18)16-27(5)34(31,32)22-9-7-6-8-10-22/h6-13,18-19,24,29H,14-17H2,1-5H3/t18-,19+,24-/m0/s1. The van der Waals surface area contributed by atoms with Crippen LogP contribution in [0, 0.1) is 5.92 Å². The third kappa shape index (κ3) is 5.71. The number of amides is 1. The summed E-state index contributed by atoms with van der Waals surface area (Å²) >= 11 is 0. The molecule has 0 aromatic heterocycles. The summed E-state index contributed by atoms with van der Waals surface area (Å²) in [6.45, 7) is 4.05. The first kappa shape index (κ1) is 26.0. The Bertz CT molecular complexity index is 1090. The summed E-state index contributed by atoms with van der Waals surface area (Å²) in [7, 11) is 1.68. The number of hydrogen-bond acceptors (Lipinski definition) is 6. The second kappa shape index (κ2) is 10.8. The predicted molar refractivity (Wildman–Crippen MR) is 133 cm³/mol. The van der Waals surface area contributed by atoms with E-state index in [1.54, 1.807) is 42.3 Å². The molecule has 8 nitrogen and oxygen atoms in total. The fraction of sp³-hybridized carbons (Fsp3) is 0.480. The highest BCUT2D eigenvalue weighted by Gasteiger charge is 2.33. The number of likely N-dealkylation sites (N-methyl/N-ethyl adjacent to an activating group) is 1. The van der Waals surface area contributed by atoms with Crippen LogP contribution in [0.5, 0.6) is 5.75 Å². The summed E-state index contributed by atoms with van der Waals surface area (Å²) in [5.74, 6) is 0.283. The van der Waals surface area contributed by atoms with Crippen LogP contribution in [0.15, 0.2) is 53.4 Å². The van der Waals surface area contributed by atoms with Gasteiger partial charge < -0.3 is 19.6 Å². The van der Waals surface area contributed by atoms with Crippen LogP contribution in [0.3, 0.4) is 0 Å². The number of hydrogen-bond donors (Lipinski definition) is 1. The zero-order chi connectivity index (χ0) is 25.0. The van der Waals surface area contributed by atoms with Gasteiger partial charge in [-0.15, -0.1) is 0 Å². The van der Waals surface area contributed by atoms with Gasteiger partial charge in [0.1, 0.15) is 11.9 Å². The molecule has 0 aliphatic carbocycles. The maximum Gasteiger partial charge on any atom is 0.242 e. The number of carbonyl (C=O) groups excluding carboxylic acids is 1. The molecule has 1 aliphatic heterocycles. The molecule has 1 heterocycles. The monoisotopic (exact) mass is 489 g/mol. The number of nitrogens with zero attached hydrogens (tertiary/aromatic N) is 3. The molecule has 2 aromatic carbocycles. The lowest BCUT2D eigenvalue weighted by molar-refractivity contribution is -0.134. The molecule has 0 radical (unpaired) electrons. The number of aliphatic hydroxyl groups excluding tert-OH is 1. The van der Waals surface area contributed by atoms with E-state index in [0.29, 0.717) is 12.3 Å². The van der Waals surface area contributed by atoms with E-state index in [0.717, 1.165) is 11.3 Å². The SMILES string of the molecule is C[C@H](CO)N1C[C@H](C)[C@H](CN(C)S(=O)(=O)c2ccccc2)Oc2ccc(N(C)C)cc2CC1=O. The molecule has 9 heteroatoms. The van der Waals surface area contributed by atoms with Gasteiger partial charge in [-0.25, -0.2) is 8.42 Å². The topological polar surface area (TPSA) is 90.4 Å². The van der Waals surface area contributed by atoms with Gasteiger partial charge >= 0.3 is 0 Å². The molecule has 3 atom stereocenters. The van der Waals surface area contributed by atoms with Crippen LogP contribution < -0.4 is 9.64 Å². The van der Waals surface area contributed by atoms with Crippen molar-refractivity contribution in [1.29, 1.82) is 0 Å². The average Bonchev–Trinajstić information content (AvgIpc) is 2.86. The van der Waals surface area contributed by atoms with Crippen LogP contribution >= 0.6 is 0 Å². The van der Waals surface area contributed by atoms with Gasteiger partial charge in [0.05, 0.1) is 30.5 Å². The zero-order valence-electron chi connectivity index (χ0n) is 20.5. The van der Waals surface area contributed by atoms with Gasteiger partial charge in [0.2, 0.25) is 15.9 Å². The summed E-state index contributed by atoms with van der Waals surface area (Å²) in [6, 6.07) is 13.6. The molecule has 34 heavy (non-hydrogen) atoms. The number of rotatable bonds is 7. The molecule has 3 rings (SSSR count). The van der Waals surface area contributed by atoms with Gasteiger partial charge in [-0.3, -0.25) is 4.79 Å². The van der Waals surface area contributed by atoms with E-state index in [9.17, 15) is 18.3 Å². The summed E-state index contributed by atoms with van der Waals surface area (Å²) < 4.78 is 34.0. The van der Waals surface area contributed by atoms with E-state index in [1.807, 2.05) is 51.0 Å². The molecule has 0 bridgehead atoms. The highest BCUT2D eigenvalue weighted by Crippen LogP contribution is 2.30. The smallest absolute Gasteiger partial charge is 0.242 e. The molecule has 0 saturated heterocycles. The molecule has 186 valence electrons. The van der Waals surface area contributed by atoms with Crippen LogP contribution in [-0.2, 0) is 21.2 Å². The maximum absolute atomic E-state index is 13.2. The molecule has 0 unspecified atom stereocenters. The Hall–Kier alpha value is -2.62.